The number of rotatable bonds is 8. The number of nitrogens with zero attached hydrogens (tertiary/aromatic N) is 4. The molecule has 0 spiro atoms. The van der Waals surface area contributed by atoms with Crippen molar-refractivity contribution >= 4 is 40.8 Å². The molecule has 2 aromatic carbocycles. The summed E-state index contributed by atoms with van der Waals surface area (Å²) in [5, 5.41) is 29.6. The van der Waals surface area contributed by atoms with Gasteiger partial charge in [-0.1, -0.05) is 0 Å². The molecule has 12 heteroatoms. The molecule has 36 heavy (non-hydrogen) atoms. The number of aromatic hydroxyl groups is 1. The zero-order valence-electron chi connectivity index (χ0n) is 19.2. The van der Waals surface area contributed by atoms with Crippen molar-refractivity contribution in [3.63, 3.8) is 0 Å². The Morgan fingerprint density at radius 3 is 2.42 bits per heavy atom. The van der Waals surface area contributed by atoms with Crippen molar-refractivity contribution < 1.29 is 28.7 Å². The number of furan rings is 1. The van der Waals surface area contributed by atoms with Gasteiger partial charge in [0.05, 0.1) is 43.1 Å². The molecule has 4 rings (SSSR count). The molecule has 2 heterocycles. The van der Waals surface area contributed by atoms with Gasteiger partial charge in [0.2, 0.25) is 5.75 Å². The molecule has 0 atom stereocenters. The molecule has 0 radical (unpaired) electrons. The first-order valence-electron chi connectivity index (χ1n) is 10.4. The highest BCUT2D eigenvalue weighted by Crippen LogP contribution is 2.39. The molecule has 0 aliphatic carbocycles. The van der Waals surface area contributed by atoms with Crippen LogP contribution in [0.2, 0.25) is 0 Å². The SMILES string of the molecule is COc1cc(/C=C2\S/C(=N\N=C\c3ccc([N+](=O)[O-])cc3)N(Cc3ccco3)C2=O)cc(OC)c1O. The van der Waals surface area contributed by atoms with E-state index in [1.165, 1.54) is 43.7 Å². The lowest BCUT2D eigenvalue weighted by Gasteiger charge is -2.12. The maximum absolute atomic E-state index is 13.2. The van der Waals surface area contributed by atoms with E-state index in [-0.39, 0.29) is 35.4 Å². The Morgan fingerprint density at radius 1 is 1.14 bits per heavy atom. The summed E-state index contributed by atoms with van der Waals surface area (Å²) in [5.74, 6) is 0.503. The summed E-state index contributed by atoms with van der Waals surface area (Å²) in [4.78, 5) is 25.4. The molecule has 1 aromatic heterocycles. The Labute approximate surface area is 209 Å². The number of methoxy groups -OCH3 is 2. The van der Waals surface area contributed by atoms with Gasteiger partial charge in [0, 0.05) is 12.1 Å². The third-order valence-corrected chi connectivity index (χ3v) is 6.03. The van der Waals surface area contributed by atoms with Crippen molar-refractivity contribution in [2.75, 3.05) is 14.2 Å². The van der Waals surface area contributed by atoms with Gasteiger partial charge < -0.3 is 19.0 Å². The summed E-state index contributed by atoms with van der Waals surface area (Å²) in [6, 6.07) is 12.5. The maximum atomic E-state index is 13.2. The second-order valence-electron chi connectivity index (χ2n) is 7.33. The number of ether oxygens (including phenoxy) is 2. The molecule has 1 aliphatic rings. The number of carbonyl (C=O) groups excluding carboxylic acids is 1. The van der Waals surface area contributed by atoms with E-state index >= 15 is 0 Å². The largest absolute Gasteiger partial charge is 0.502 e. The number of phenols is 1. The van der Waals surface area contributed by atoms with Crippen molar-refractivity contribution in [3.05, 3.63) is 86.7 Å². The second-order valence-corrected chi connectivity index (χ2v) is 8.34. The first-order chi connectivity index (χ1) is 17.4. The van der Waals surface area contributed by atoms with Crippen molar-refractivity contribution in [1.82, 2.24) is 4.90 Å². The lowest BCUT2D eigenvalue weighted by Crippen LogP contribution is -2.28. The molecule has 3 aromatic rings. The summed E-state index contributed by atoms with van der Waals surface area (Å²) in [5.41, 5.74) is 1.15. The van der Waals surface area contributed by atoms with Crippen LogP contribution in [0, 0.1) is 10.1 Å². The fraction of sp³-hybridized carbons (Fsp3) is 0.125. The number of hydrogen-bond donors (Lipinski definition) is 1. The van der Waals surface area contributed by atoms with Gasteiger partial charge in [-0.3, -0.25) is 19.8 Å². The van der Waals surface area contributed by atoms with E-state index in [0.29, 0.717) is 27.0 Å². The molecular weight excluding hydrogens is 488 g/mol. The number of hydrogen-bond acceptors (Lipinski definition) is 10. The number of nitro groups is 1. The first kappa shape index (κ1) is 24.5. The number of amides is 1. The van der Waals surface area contributed by atoms with Gasteiger partial charge >= 0.3 is 0 Å². The number of carbonyl (C=O) groups is 1. The van der Waals surface area contributed by atoms with E-state index in [1.807, 2.05) is 0 Å². The Balaban J connectivity index is 1.64. The van der Waals surface area contributed by atoms with E-state index in [4.69, 9.17) is 13.9 Å². The van der Waals surface area contributed by atoms with Crippen molar-refractivity contribution in [1.29, 1.82) is 0 Å². The molecule has 1 N–H and O–H groups in total. The van der Waals surface area contributed by atoms with Crippen LogP contribution in [0.4, 0.5) is 5.69 Å². The Kier molecular flexibility index (Phi) is 7.35. The number of non-ortho nitro benzene ring substituents is 1. The lowest BCUT2D eigenvalue weighted by molar-refractivity contribution is -0.384. The first-order valence-corrected chi connectivity index (χ1v) is 11.3. The van der Waals surface area contributed by atoms with Gasteiger partial charge in [-0.15, -0.1) is 5.10 Å². The van der Waals surface area contributed by atoms with Crippen LogP contribution in [0.15, 0.2) is 74.3 Å². The zero-order valence-corrected chi connectivity index (χ0v) is 20.0. The normalized spacial score (nSPS) is 15.8. The average Bonchev–Trinajstić information content (AvgIpc) is 3.49. The molecule has 0 saturated carbocycles. The van der Waals surface area contributed by atoms with Gasteiger partial charge in [0.15, 0.2) is 16.7 Å². The van der Waals surface area contributed by atoms with Crippen LogP contribution >= 0.6 is 11.8 Å². The van der Waals surface area contributed by atoms with E-state index in [0.717, 1.165) is 11.8 Å². The highest BCUT2D eigenvalue weighted by Gasteiger charge is 2.34. The van der Waals surface area contributed by atoms with Crippen molar-refractivity contribution in [3.8, 4) is 17.2 Å². The number of thioether (sulfide) groups is 1. The van der Waals surface area contributed by atoms with Gasteiger partial charge in [0.25, 0.3) is 11.6 Å². The fourth-order valence-corrected chi connectivity index (χ4v) is 4.19. The zero-order chi connectivity index (χ0) is 25.7. The lowest BCUT2D eigenvalue weighted by atomic mass is 10.1. The average molecular weight is 509 g/mol. The van der Waals surface area contributed by atoms with Gasteiger partial charge in [-0.2, -0.15) is 5.10 Å². The molecule has 0 bridgehead atoms. The molecule has 1 aliphatic heterocycles. The Bertz CT molecular complexity index is 1340. The summed E-state index contributed by atoms with van der Waals surface area (Å²) in [7, 11) is 2.83. The summed E-state index contributed by atoms with van der Waals surface area (Å²) >= 11 is 1.11. The molecule has 0 unspecified atom stereocenters. The highest BCUT2D eigenvalue weighted by atomic mass is 32.2. The number of phenolic OH excluding ortho intramolecular Hbond substituents is 1. The molecule has 1 fully saturated rings. The maximum Gasteiger partial charge on any atom is 0.269 e. The topological polar surface area (TPSA) is 140 Å². The van der Waals surface area contributed by atoms with Gasteiger partial charge in [-0.25, -0.2) is 0 Å². The minimum absolute atomic E-state index is 0.0303. The standard InChI is InChI=1S/C24H20N4O7S/c1-33-19-10-16(11-20(34-2)22(19)29)12-21-23(30)27(14-18-4-3-9-35-18)24(36-21)26-25-13-15-5-7-17(8-6-15)28(31)32/h3-13,29H,14H2,1-2H3/b21-12-,25-13+,26-24-. The third-order valence-electron chi connectivity index (χ3n) is 5.04. The van der Waals surface area contributed by atoms with E-state index in [1.54, 1.807) is 42.5 Å². The summed E-state index contributed by atoms with van der Waals surface area (Å²) in [6.45, 7) is 0.143. The third kappa shape index (κ3) is 5.39. The minimum Gasteiger partial charge on any atom is -0.502 e. The van der Waals surface area contributed by atoms with E-state index in [2.05, 4.69) is 10.2 Å². The molecule has 184 valence electrons. The molecule has 11 nitrogen and oxygen atoms in total. The van der Waals surface area contributed by atoms with Crippen molar-refractivity contribution in [2.24, 2.45) is 10.2 Å². The van der Waals surface area contributed by atoms with Crippen LogP contribution in [0.25, 0.3) is 6.08 Å². The van der Waals surface area contributed by atoms with Crippen LogP contribution in [-0.2, 0) is 11.3 Å². The number of benzene rings is 2. The quantitative estimate of drug-likeness (QED) is 0.204. The second kappa shape index (κ2) is 10.8. The number of nitro benzene ring substituents is 1. The molecular formula is C24H20N4O7S. The predicted molar refractivity (Wildman–Crippen MR) is 134 cm³/mol. The van der Waals surface area contributed by atoms with Gasteiger partial charge in [-0.05, 0) is 65.4 Å². The smallest absolute Gasteiger partial charge is 0.269 e. The summed E-state index contributed by atoms with van der Waals surface area (Å²) < 4.78 is 15.8. The van der Waals surface area contributed by atoms with Crippen LogP contribution in [0.5, 0.6) is 17.2 Å². The molecule has 1 saturated heterocycles. The van der Waals surface area contributed by atoms with E-state index in [9.17, 15) is 20.0 Å². The Morgan fingerprint density at radius 2 is 1.83 bits per heavy atom. The predicted octanol–water partition coefficient (Wildman–Crippen LogP) is 4.42. The monoisotopic (exact) mass is 508 g/mol. The van der Waals surface area contributed by atoms with Crippen LogP contribution < -0.4 is 9.47 Å². The van der Waals surface area contributed by atoms with Crippen LogP contribution in [-0.4, -0.2) is 46.4 Å². The highest BCUT2D eigenvalue weighted by molar-refractivity contribution is 8.18. The van der Waals surface area contributed by atoms with E-state index < -0.39 is 4.92 Å². The Hall–Kier alpha value is -4.58. The molecule has 1 amide bonds. The van der Waals surface area contributed by atoms with Gasteiger partial charge in [0.1, 0.15) is 5.76 Å². The van der Waals surface area contributed by atoms with Crippen molar-refractivity contribution in [2.45, 2.75) is 6.54 Å². The number of amidine groups is 1. The minimum atomic E-state index is -0.485. The fourth-order valence-electron chi connectivity index (χ4n) is 3.26. The summed E-state index contributed by atoms with van der Waals surface area (Å²) in [6.07, 6.45) is 4.58. The van der Waals surface area contributed by atoms with Crippen LogP contribution in [0.3, 0.4) is 0 Å². The van der Waals surface area contributed by atoms with Crippen LogP contribution in [0.1, 0.15) is 16.9 Å².